The molecule has 1 heterocycles. The van der Waals surface area contributed by atoms with Crippen LogP contribution in [0, 0.1) is 6.92 Å². The van der Waals surface area contributed by atoms with Crippen LogP contribution in [0.1, 0.15) is 5.56 Å². The lowest BCUT2D eigenvalue weighted by atomic mass is 10.2. The number of hydrogen-bond donors (Lipinski definition) is 1. The molecule has 3 nitrogen and oxygen atoms in total. The first-order chi connectivity index (χ1) is 8.06. The molecule has 88 valence electrons. The molecule has 2 aromatic rings. The summed E-state index contributed by atoms with van der Waals surface area (Å²) in [5.74, 6) is 1.01. The van der Waals surface area contributed by atoms with Crippen LogP contribution in [0.5, 0.6) is 11.6 Å². The first kappa shape index (κ1) is 12.2. The first-order valence-electron chi connectivity index (χ1n) is 4.91. The molecule has 0 saturated carbocycles. The van der Waals surface area contributed by atoms with Gasteiger partial charge in [-0.25, -0.2) is 4.98 Å². The van der Waals surface area contributed by atoms with Gasteiger partial charge in [0.1, 0.15) is 0 Å². The average molecular weight is 314 g/mol. The molecule has 0 radical (unpaired) electrons. The fraction of sp³-hybridized carbons (Fsp3) is 0.0833. The van der Waals surface area contributed by atoms with E-state index in [0.717, 1.165) is 5.56 Å². The molecule has 5 heteroatoms. The first-order valence-corrected chi connectivity index (χ1v) is 6.08. The van der Waals surface area contributed by atoms with E-state index in [1.807, 2.05) is 25.1 Å². The fourth-order valence-electron chi connectivity index (χ4n) is 1.34. The Morgan fingerprint density at radius 2 is 2.12 bits per heavy atom. The minimum absolute atomic E-state index is 0.435. The van der Waals surface area contributed by atoms with Gasteiger partial charge >= 0.3 is 0 Å². The topological polar surface area (TPSA) is 48.1 Å². The molecule has 2 rings (SSSR count). The molecular formula is C12H10BrClN2O. The van der Waals surface area contributed by atoms with E-state index in [9.17, 15) is 0 Å². The summed E-state index contributed by atoms with van der Waals surface area (Å²) in [5.41, 5.74) is 7.51. The number of benzene rings is 1. The number of ether oxygens (including phenoxy) is 1. The maximum Gasteiger partial charge on any atom is 0.233 e. The van der Waals surface area contributed by atoms with E-state index in [0.29, 0.717) is 26.8 Å². The Kier molecular flexibility index (Phi) is 3.54. The van der Waals surface area contributed by atoms with E-state index in [4.69, 9.17) is 22.1 Å². The number of hydrogen-bond acceptors (Lipinski definition) is 3. The van der Waals surface area contributed by atoms with Crippen molar-refractivity contribution in [1.82, 2.24) is 4.98 Å². The molecule has 0 aliphatic heterocycles. The van der Waals surface area contributed by atoms with Crippen LogP contribution < -0.4 is 10.5 Å². The standard InChI is InChI=1S/C12H10BrClN2O/c1-7-2-3-11(10(15)4-7)17-12-9(13)5-8(14)6-16-12/h2-6H,15H2,1H3. The van der Waals surface area contributed by atoms with Crippen molar-refractivity contribution in [3.05, 3.63) is 45.5 Å². The molecule has 2 N–H and O–H groups in total. The highest BCUT2D eigenvalue weighted by Gasteiger charge is 2.07. The van der Waals surface area contributed by atoms with Gasteiger partial charge in [0.15, 0.2) is 5.75 Å². The van der Waals surface area contributed by atoms with Gasteiger partial charge in [-0.15, -0.1) is 0 Å². The number of aryl methyl sites for hydroxylation is 1. The Labute approximate surface area is 113 Å². The van der Waals surface area contributed by atoms with Gasteiger partial charge in [0.2, 0.25) is 5.88 Å². The van der Waals surface area contributed by atoms with Gasteiger partial charge in [0.25, 0.3) is 0 Å². The van der Waals surface area contributed by atoms with Gasteiger partial charge < -0.3 is 10.5 Å². The lowest BCUT2D eigenvalue weighted by Gasteiger charge is -2.09. The highest BCUT2D eigenvalue weighted by atomic mass is 79.9. The number of rotatable bonds is 2. The quantitative estimate of drug-likeness (QED) is 0.846. The van der Waals surface area contributed by atoms with Crippen molar-refractivity contribution in [2.45, 2.75) is 6.92 Å². The number of nitrogens with zero attached hydrogens (tertiary/aromatic N) is 1. The molecule has 0 amide bonds. The number of nitrogen functional groups attached to an aromatic ring is 1. The van der Waals surface area contributed by atoms with Gasteiger partial charge in [-0.3, -0.25) is 0 Å². The van der Waals surface area contributed by atoms with E-state index >= 15 is 0 Å². The normalized spacial score (nSPS) is 10.3. The molecule has 0 unspecified atom stereocenters. The van der Waals surface area contributed by atoms with Crippen LogP contribution in [-0.4, -0.2) is 4.98 Å². The Morgan fingerprint density at radius 1 is 1.35 bits per heavy atom. The third-order valence-corrected chi connectivity index (χ3v) is 2.92. The molecule has 0 saturated heterocycles. The van der Waals surface area contributed by atoms with Crippen molar-refractivity contribution in [3.63, 3.8) is 0 Å². The summed E-state index contributed by atoms with van der Waals surface area (Å²) in [6.07, 6.45) is 1.52. The number of aromatic nitrogens is 1. The molecule has 0 atom stereocenters. The summed E-state index contributed by atoms with van der Waals surface area (Å²) in [6, 6.07) is 7.30. The minimum atomic E-state index is 0.435. The van der Waals surface area contributed by atoms with Crippen LogP contribution in [-0.2, 0) is 0 Å². The van der Waals surface area contributed by atoms with Crippen LogP contribution in [0.25, 0.3) is 0 Å². The minimum Gasteiger partial charge on any atom is -0.436 e. The highest BCUT2D eigenvalue weighted by Crippen LogP contribution is 2.32. The van der Waals surface area contributed by atoms with Gasteiger partial charge in [0, 0.05) is 6.20 Å². The van der Waals surface area contributed by atoms with E-state index in [1.165, 1.54) is 6.20 Å². The molecule has 0 aliphatic rings. The van der Waals surface area contributed by atoms with Crippen molar-refractivity contribution in [2.24, 2.45) is 0 Å². The Bertz CT molecular complexity index is 511. The van der Waals surface area contributed by atoms with E-state index in [-0.39, 0.29) is 0 Å². The molecule has 0 spiro atoms. The number of pyridine rings is 1. The van der Waals surface area contributed by atoms with Crippen molar-refractivity contribution >= 4 is 33.2 Å². The van der Waals surface area contributed by atoms with Gasteiger partial charge in [-0.2, -0.15) is 0 Å². The molecule has 1 aromatic heterocycles. The van der Waals surface area contributed by atoms with Crippen LogP contribution in [0.3, 0.4) is 0 Å². The molecular weight excluding hydrogens is 304 g/mol. The monoisotopic (exact) mass is 312 g/mol. The predicted octanol–water partition coefficient (Wildman–Crippen LogP) is 4.18. The van der Waals surface area contributed by atoms with Crippen LogP contribution >= 0.6 is 27.5 Å². The summed E-state index contributed by atoms with van der Waals surface area (Å²) >= 11 is 9.13. The highest BCUT2D eigenvalue weighted by molar-refractivity contribution is 9.10. The second-order valence-electron chi connectivity index (χ2n) is 3.58. The largest absolute Gasteiger partial charge is 0.436 e. The number of anilines is 1. The lowest BCUT2D eigenvalue weighted by Crippen LogP contribution is -1.94. The van der Waals surface area contributed by atoms with Crippen LogP contribution in [0.15, 0.2) is 34.9 Å². The third kappa shape index (κ3) is 2.90. The molecule has 0 aliphatic carbocycles. The van der Waals surface area contributed by atoms with E-state index in [1.54, 1.807) is 6.07 Å². The van der Waals surface area contributed by atoms with Crippen LogP contribution in [0.4, 0.5) is 5.69 Å². The summed E-state index contributed by atoms with van der Waals surface area (Å²) in [5, 5.41) is 0.543. The Morgan fingerprint density at radius 3 is 2.76 bits per heavy atom. The smallest absolute Gasteiger partial charge is 0.233 e. The second-order valence-corrected chi connectivity index (χ2v) is 4.87. The average Bonchev–Trinajstić information content (AvgIpc) is 2.25. The molecule has 0 fully saturated rings. The summed E-state index contributed by atoms with van der Waals surface area (Å²) in [4.78, 5) is 4.08. The second kappa shape index (κ2) is 4.94. The maximum absolute atomic E-state index is 5.86. The van der Waals surface area contributed by atoms with Gasteiger partial charge in [-0.1, -0.05) is 17.7 Å². The van der Waals surface area contributed by atoms with E-state index < -0.39 is 0 Å². The van der Waals surface area contributed by atoms with Crippen molar-refractivity contribution in [3.8, 4) is 11.6 Å². The third-order valence-electron chi connectivity index (χ3n) is 2.15. The predicted molar refractivity (Wildman–Crippen MR) is 72.6 cm³/mol. The molecule has 0 bridgehead atoms. The van der Waals surface area contributed by atoms with Crippen LogP contribution in [0.2, 0.25) is 5.02 Å². The van der Waals surface area contributed by atoms with Crippen molar-refractivity contribution < 1.29 is 4.74 Å². The van der Waals surface area contributed by atoms with Crippen molar-refractivity contribution in [1.29, 1.82) is 0 Å². The van der Waals surface area contributed by atoms with Gasteiger partial charge in [0.05, 0.1) is 15.2 Å². The molecule has 17 heavy (non-hydrogen) atoms. The fourth-order valence-corrected chi connectivity index (χ4v) is 2.06. The maximum atomic E-state index is 5.86. The number of halogens is 2. The molecule has 1 aromatic carbocycles. The lowest BCUT2D eigenvalue weighted by molar-refractivity contribution is 0.462. The summed E-state index contributed by atoms with van der Waals surface area (Å²) in [6.45, 7) is 1.97. The zero-order valence-electron chi connectivity index (χ0n) is 9.08. The summed E-state index contributed by atoms with van der Waals surface area (Å²) in [7, 11) is 0. The zero-order valence-corrected chi connectivity index (χ0v) is 11.4. The van der Waals surface area contributed by atoms with E-state index in [2.05, 4.69) is 20.9 Å². The Balaban J connectivity index is 2.31. The Hall–Kier alpha value is -1.26. The number of nitrogens with two attached hydrogens (primary N) is 1. The SMILES string of the molecule is Cc1ccc(Oc2ncc(Cl)cc2Br)c(N)c1. The summed E-state index contributed by atoms with van der Waals surface area (Å²) < 4.78 is 6.29. The zero-order chi connectivity index (χ0) is 12.4. The van der Waals surface area contributed by atoms with Gasteiger partial charge in [-0.05, 0) is 46.6 Å². The van der Waals surface area contributed by atoms with Crippen molar-refractivity contribution in [2.75, 3.05) is 5.73 Å².